The highest BCUT2D eigenvalue weighted by Crippen LogP contribution is 2.25. The first kappa shape index (κ1) is 12.9. The Morgan fingerprint density at radius 3 is 2.63 bits per heavy atom. The fraction of sp³-hybridized carbons (Fsp3) is 0.133. The molecule has 19 heavy (non-hydrogen) atoms. The first-order chi connectivity index (χ1) is 9.13. The maximum atomic E-state index is 12.4. The van der Waals surface area contributed by atoms with Gasteiger partial charge in [-0.2, -0.15) is 0 Å². The van der Waals surface area contributed by atoms with Gasteiger partial charge in [-0.05, 0) is 35.4 Å². The van der Waals surface area contributed by atoms with Gasteiger partial charge in [-0.25, -0.2) is 0 Å². The van der Waals surface area contributed by atoms with Crippen LogP contribution in [0.4, 0.5) is 0 Å². The smallest absolute Gasteiger partial charge is 0.193 e. The van der Waals surface area contributed by atoms with E-state index in [1.807, 2.05) is 18.2 Å². The number of carbonyl (C=O) groups is 1. The number of benzene rings is 2. The molecule has 0 unspecified atom stereocenters. The Balaban J connectivity index is 1.99. The van der Waals surface area contributed by atoms with Crippen molar-refractivity contribution in [3.05, 3.63) is 68.1 Å². The summed E-state index contributed by atoms with van der Waals surface area (Å²) < 4.78 is 6.15. The van der Waals surface area contributed by atoms with Gasteiger partial charge in [0, 0.05) is 20.6 Å². The van der Waals surface area contributed by atoms with Gasteiger partial charge >= 0.3 is 0 Å². The zero-order valence-corrected chi connectivity index (χ0v) is 12.3. The summed E-state index contributed by atoms with van der Waals surface area (Å²) in [5.74, 6) is -0.0297. The SMILES string of the molecule is O=C(c1cc(Cl)cc(Br)c1)c1ccc2c(c1)COC2. The van der Waals surface area contributed by atoms with Crippen LogP contribution in [0.5, 0.6) is 0 Å². The van der Waals surface area contributed by atoms with Crippen LogP contribution in [0.15, 0.2) is 40.9 Å². The lowest BCUT2D eigenvalue weighted by atomic mass is 9.99. The fourth-order valence-electron chi connectivity index (χ4n) is 2.16. The van der Waals surface area contributed by atoms with E-state index < -0.39 is 0 Å². The Morgan fingerprint density at radius 1 is 1.05 bits per heavy atom. The summed E-state index contributed by atoms with van der Waals surface area (Å²) in [5, 5.41) is 0.544. The zero-order valence-electron chi connectivity index (χ0n) is 9.95. The first-order valence-corrected chi connectivity index (χ1v) is 7.01. The molecule has 0 spiro atoms. The van der Waals surface area contributed by atoms with Crippen molar-refractivity contribution in [2.45, 2.75) is 13.2 Å². The summed E-state index contributed by atoms with van der Waals surface area (Å²) >= 11 is 9.32. The minimum atomic E-state index is -0.0297. The van der Waals surface area contributed by atoms with Crippen molar-refractivity contribution < 1.29 is 9.53 Å². The molecule has 0 radical (unpaired) electrons. The molecule has 0 amide bonds. The average molecular weight is 338 g/mol. The third kappa shape index (κ3) is 2.59. The molecule has 0 bridgehead atoms. The molecule has 96 valence electrons. The second-order valence-electron chi connectivity index (χ2n) is 4.46. The highest BCUT2D eigenvalue weighted by atomic mass is 79.9. The molecule has 2 aromatic carbocycles. The molecule has 0 aromatic heterocycles. The third-order valence-corrected chi connectivity index (χ3v) is 3.78. The molecule has 1 aliphatic rings. The van der Waals surface area contributed by atoms with Crippen molar-refractivity contribution in [2.24, 2.45) is 0 Å². The van der Waals surface area contributed by atoms with Crippen LogP contribution in [0.25, 0.3) is 0 Å². The van der Waals surface area contributed by atoms with Crippen molar-refractivity contribution in [1.82, 2.24) is 0 Å². The van der Waals surface area contributed by atoms with E-state index in [1.54, 1.807) is 18.2 Å². The number of rotatable bonds is 2. The van der Waals surface area contributed by atoms with Crippen LogP contribution in [0.3, 0.4) is 0 Å². The third-order valence-electron chi connectivity index (χ3n) is 3.11. The Hall–Kier alpha value is -1.16. The second kappa shape index (κ2) is 5.08. The molecule has 0 saturated heterocycles. The van der Waals surface area contributed by atoms with E-state index in [2.05, 4.69) is 15.9 Å². The summed E-state index contributed by atoms with van der Waals surface area (Å²) in [6, 6.07) is 10.9. The molecule has 4 heteroatoms. The molecule has 2 nitrogen and oxygen atoms in total. The van der Waals surface area contributed by atoms with E-state index >= 15 is 0 Å². The van der Waals surface area contributed by atoms with Crippen LogP contribution in [-0.2, 0) is 18.0 Å². The normalized spacial score (nSPS) is 13.4. The maximum Gasteiger partial charge on any atom is 0.193 e. The molecular weight excluding hydrogens is 328 g/mol. The van der Waals surface area contributed by atoms with Gasteiger partial charge in [0.15, 0.2) is 5.78 Å². The number of hydrogen-bond acceptors (Lipinski definition) is 2. The summed E-state index contributed by atoms with van der Waals surface area (Å²) in [4.78, 5) is 12.4. The molecule has 0 fully saturated rings. The standard InChI is InChI=1S/C15H10BrClO2/c16-13-4-11(5-14(17)6-13)15(18)9-1-2-10-7-19-8-12(10)3-9/h1-6H,7-8H2. The van der Waals surface area contributed by atoms with Gasteiger partial charge < -0.3 is 4.74 Å². The number of fused-ring (bicyclic) bond motifs is 1. The van der Waals surface area contributed by atoms with Crippen molar-refractivity contribution in [3.63, 3.8) is 0 Å². The van der Waals surface area contributed by atoms with E-state index in [0.29, 0.717) is 29.4 Å². The van der Waals surface area contributed by atoms with Crippen LogP contribution >= 0.6 is 27.5 Å². The van der Waals surface area contributed by atoms with Crippen molar-refractivity contribution >= 4 is 33.3 Å². The first-order valence-electron chi connectivity index (χ1n) is 5.84. The lowest BCUT2D eigenvalue weighted by Crippen LogP contribution is -2.02. The van der Waals surface area contributed by atoms with Gasteiger partial charge in [0.2, 0.25) is 0 Å². The van der Waals surface area contributed by atoms with Gasteiger partial charge in [0.1, 0.15) is 0 Å². The number of hydrogen-bond donors (Lipinski definition) is 0. The van der Waals surface area contributed by atoms with Crippen LogP contribution in [0.1, 0.15) is 27.0 Å². The molecule has 1 aliphatic heterocycles. The number of carbonyl (C=O) groups excluding carboxylic acids is 1. The molecule has 3 rings (SSSR count). The topological polar surface area (TPSA) is 26.3 Å². The highest BCUT2D eigenvalue weighted by molar-refractivity contribution is 9.10. The average Bonchev–Trinajstić information content (AvgIpc) is 2.83. The summed E-state index contributed by atoms with van der Waals surface area (Å²) in [5.41, 5.74) is 3.49. The molecule has 0 aliphatic carbocycles. The lowest BCUT2D eigenvalue weighted by Gasteiger charge is -2.05. The Morgan fingerprint density at radius 2 is 1.84 bits per heavy atom. The second-order valence-corrected chi connectivity index (χ2v) is 5.82. The van der Waals surface area contributed by atoms with Gasteiger partial charge in [-0.1, -0.05) is 39.7 Å². The fourth-order valence-corrected chi connectivity index (χ4v) is 3.03. The number of halogens is 2. The Bertz CT molecular complexity index is 647. The van der Waals surface area contributed by atoms with Gasteiger partial charge in [-0.3, -0.25) is 4.79 Å². The van der Waals surface area contributed by atoms with E-state index in [9.17, 15) is 4.79 Å². The number of ketones is 1. The summed E-state index contributed by atoms with van der Waals surface area (Å²) in [6.07, 6.45) is 0. The van der Waals surface area contributed by atoms with Crippen LogP contribution in [-0.4, -0.2) is 5.78 Å². The highest BCUT2D eigenvalue weighted by Gasteiger charge is 2.16. The van der Waals surface area contributed by atoms with Crippen molar-refractivity contribution in [2.75, 3.05) is 0 Å². The molecule has 0 atom stereocenters. The predicted octanol–water partition coefficient (Wildman–Crippen LogP) is 4.36. The Kier molecular flexibility index (Phi) is 3.44. The van der Waals surface area contributed by atoms with Gasteiger partial charge in [0.25, 0.3) is 0 Å². The molecule has 0 N–H and O–H groups in total. The zero-order chi connectivity index (χ0) is 13.4. The monoisotopic (exact) mass is 336 g/mol. The van der Waals surface area contributed by atoms with Crippen LogP contribution < -0.4 is 0 Å². The number of ether oxygens (including phenoxy) is 1. The predicted molar refractivity (Wildman–Crippen MR) is 77.5 cm³/mol. The maximum absolute atomic E-state index is 12.4. The lowest BCUT2D eigenvalue weighted by molar-refractivity contribution is 0.103. The van der Waals surface area contributed by atoms with Crippen molar-refractivity contribution in [3.8, 4) is 0 Å². The largest absolute Gasteiger partial charge is 0.372 e. The van der Waals surface area contributed by atoms with E-state index in [1.165, 1.54) is 0 Å². The molecule has 2 aromatic rings. The van der Waals surface area contributed by atoms with Crippen molar-refractivity contribution in [1.29, 1.82) is 0 Å². The van der Waals surface area contributed by atoms with Crippen LogP contribution in [0, 0.1) is 0 Å². The molecule has 0 saturated carbocycles. The van der Waals surface area contributed by atoms with E-state index in [-0.39, 0.29) is 5.78 Å². The van der Waals surface area contributed by atoms with Gasteiger partial charge in [0.05, 0.1) is 13.2 Å². The quantitative estimate of drug-likeness (QED) is 0.761. The minimum Gasteiger partial charge on any atom is -0.372 e. The molecular formula is C15H10BrClO2. The van der Waals surface area contributed by atoms with Crippen LogP contribution in [0.2, 0.25) is 5.02 Å². The van der Waals surface area contributed by atoms with E-state index in [0.717, 1.165) is 15.6 Å². The minimum absolute atomic E-state index is 0.0297. The van der Waals surface area contributed by atoms with Gasteiger partial charge in [-0.15, -0.1) is 0 Å². The van der Waals surface area contributed by atoms with E-state index in [4.69, 9.17) is 16.3 Å². The molecule has 1 heterocycles. The summed E-state index contributed by atoms with van der Waals surface area (Å²) in [6.45, 7) is 1.21. The Labute approximate surface area is 124 Å². The summed E-state index contributed by atoms with van der Waals surface area (Å²) in [7, 11) is 0.